The number of rotatable bonds is 10. The minimum Gasteiger partial charge on any atom is -0.357 e. The molecule has 0 fully saturated rings. The molecule has 3 amide bonds. The number of hydrogen-bond donors (Lipinski definition) is 3. The summed E-state index contributed by atoms with van der Waals surface area (Å²) in [5, 5.41) is 2.39. The summed E-state index contributed by atoms with van der Waals surface area (Å²) in [7, 11) is 1.50. The quantitative estimate of drug-likeness (QED) is 0.518. The average molecular weight is 408 g/mol. The van der Waals surface area contributed by atoms with E-state index in [0.717, 1.165) is 10.5 Å². The van der Waals surface area contributed by atoms with Gasteiger partial charge >= 0.3 is 0 Å². The number of amides is 3. The summed E-state index contributed by atoms with van der Waals surface area (Å²) in [6.07, 6.45) is 1.42. The molecule has 0 aliphatic rings. The van der Waals surface area contributed by atoms with Crippen molar-refractivity contribution in [1.82, 2.24) is 10.2 Å². The molecule has 1 unspecified atom stereocenters. The second kappa shape index (κ2) is 11.9. The summed E-state index contributed by atoms with van der Waals surface area (Å²) in [5.74, 6) is -1.14. The van der Waals surface area contributed by atoms with Crippen LogP contribution in [0, 0.1) is 5.92 Å². The SMILES string of the molecule is CCC(S)CC(=O)N(C(=O)[C@@H](N)CC(C)C)[C@@H](Cc1ccccc1)C(=O)NC. The Balaban J connectivity index is 3.26. The van der Waals surface area contributed by atoms with Crippen LogP contribution in [0.5, 0.6) is 0 Å². The van der Waals surface area contributed by atoms with Crippen molar-refractivity contribution in [2.75, 3.05) is 7.05 Å². The minimum absolute atomic E-state index is 0.0715. The van der Waals surface area contributed by atoms with Gasteiger partial charge in [-0.25, -0.2) is 0 Å². The lowest BCUT2D eigenvalue weighted by molar-refractivity contribution is -0.153. The molecule has 0 aliphatic carbocycles. The standard InChI is InChI=1S/C21H33N3O3S/c1-5-16(28)13-19(25)24(21(27)17(22)11-14(2)3)18(20(26)23-4)12-15-9-7-6-8-10-15/h6-10,14,16-18,28H,5,11-13,22H2,1-4H3,(H,23,26)/t16?,17-,18-/m0/s1. The van der Waals surface area contributed by atoms with Crippen LogP contribution in [0.4, 0.5) is 0 Å². The average Bonchev–Trinajstić information content (AvgIpc) is 2.66. The fourth-order valence-corrected chi connectivity index (χ4v) is 3.14. The topological polar surface area (TPSA) is 92.5 Å². The number of imide groups is 1. The van der Waals surface area contributed by atoms with E-state index in [-0.39, 0.29) is 24.0 Å². The Morgan fingerprint density at radius 3 is 2.29 bits per heavy atom. The number of thiol groups is 1. The molecule has 0 aliphatic heterocycles. The van der Waals surface area contributed by atoms with Crippen molar-refractivity contribution in [1.29, 1.82) is 0 Å². The normalized spacial score (nSPS) is 14.2. The molecule has 0 saturated heterocycles. The molecule has 28 heavy (non-hydrogen) atoms. The summed E-state index contributed by atoms with van der Waals surface area (Å²) < 4.78 is 0. The lowest BCUT2D eigenvalue weighted by Gasteiger charge is -2.32. The van der Waals surface area contributed by atoms with Gasteiger partial charge in [-0.05, 0) is 24.3 Å². The van der Waals surface area contributed by atoms with Gasteiger partial charge in [-0.15, -0.1) is 0 Å². The van der Waals surface area contributed by atoms with Crippen LogP contribution < -0.4 is 11.1 Å². The van der Waals surface area contributed by atoms with E-state index in [0.29, 0.717) is 12.8 Å². The van der Waals surface area contributed by atoms with Crippen LogP contribution in [0.3, 0.4) is 0 Å². The molecule has 156 valence electrons. The predicted octanol–water partition coefficient (Wildman–Crippen LogP) is 2.17. The zero-order valence-corrected chi connectivity index (χ0v) is 18.1. The van der Waals surface area contributed by atoms with E-state index in [1.54, 1.807) is 0 Å². The van der Waals surface area contributed by atoms with Gasteiger partial charge in [0.2, 0.25) is 17.7 Å². The van der Waals surface area contributed by atoms with Crippen molar-refractivity contribution in [2.24, 2.45) is 11.7 Å². The van der Waals surface area contributed by atoms with E-state index >= 15 is 0 Å². The second-order valence-electron chi connectivity index (χ2n) is 7.42. The summed E-state index contributed by atoms with van der Waals surface area (Å²) >= 11 is 4.39. The maximum atomic E-state index is 13.1. The first kappa shape index (κ1) is 24.2. The smallest absolute Gasteiger partial charge is 0.246 e. The highest BCUT2D eigenvalue weighted by Crippen LogP contribution is 2.17. The van der Waals surface area contributed by atoms with Crippen LogP contribution in [0.15, 0.2) is 30.3 Å². The Kier molecular flexibility index (Phi) is 10.2. The largest absolute Gasteiger partial charge is 0.357 e. The molecular weight excluding hydrogens is 374 g/mol. The van der Waals surface area contributed by atoms with E-state index in [2.05, 4.69) is 17.9 Å². The molecule has 1 aromatic carbocycles. The molecule has 7 heteroatoms. The summed E-state index contributed by atoms with van der Waals surface area (Å²) in [6, 6.07) is 7.52. The van der Waals surface area contributed by atoms with Crippen molar-refractivity contribution >= 4 is 30.4 Å². The van der Waals surface area contributed by atoms with Gasteiger partial charge in [-0.1, -0.05) is 51.1 Å². The first-order chi connectivity index (χ1) is 13.2. The maximum absolute atomic E-state index is 13.1. The number of nitrogens with one attached hydrogen (secondary N) is 1. The van der Waals surface area contributed by atoms with E-state index in [4.69, 9.17) is 5.73 Å². The van der Waals surface area contributed by atoms with Crippen molar-refractivity contribution < 1.29 is 14.4 Å². The van der Waals surface area contributed by atoms with Crippen molar-refractivity contribution in [3.05, 3.63) is 35.9 Å². The van der Waals surface area contributed by atoms with Gasteiger partial charge < -0.3 is 11.1 Å². The molecule has 6 nitrogen and oxygen atoms in total. The molecule has 1 aromatic rings. The van der Waals surface area contributed by atoms with Crippen LogP contribution in [0.25, 0.3) is 0 Å². The first-order valence-corrected chi connectivity index (χ1v) is 10.3. The van der Waals surface area contributed by atoms with Gasteiger partial charge in [0.1, 0.15) is 6.04 Å². The molecule has 0 radical (unpaired) electrons. The van der Waals surface area contributed by atoms with Gasteiger partial charge in [-0.2, -0.15) is 12.6 Å². The lowest BCUT2D eigenvalue weighted by atomic mass is 9.99. The van der Waals surface area contributed by atoms with E-state index in [9.17, 15) is 14.4 Å². The maximum Gasteiger partial charge on any atom is 0.246 e. The Morgan fingerprint density at radius 1 is 1.18 bits per heavy atom. The predicted molar refractivity (Wildman–Crippen MR) is 115 cm³/mol. The number of carbonyl (C=O) groups is 3. The van der Waals surface area contributed by atoms with Gasteiger partial charge in [0.25, 0.3) is 0 Å². The second-order valence-corrected chi connectivity index (χ2v) is 8.15. The Bertz CT molecular complexity index is 652. The number of likely N-dealkylation sites (N-methyl/N-ethyl adjacent to an activating group) is 1. The molecule has 0 heterocycles. The van der Waals surface area contributed by atoms with Gasteiger partial charge in [0, 0.05) is 25.1 Å². The summed E-state index contributed by atoms with van der Waals surface area (Å²) in [4.78, 5) is 39.9. The minimum atomic E-state index is -0.956. The zero-order chi connectivity index (χ0) is 21.3. The fourth-order valence-electron chi connectivity index (χ4n) is 2.99. The number of benzene rings is 1. The van der Waals surface area contributed by atoms with Crippen LogP contribution in [-0.2, 0) is 20.8 Å². The van der Waals surface area contributed by atoms with Crippen molar-refractivity contribution in [2.45, 2.75) is 63.8 Å². The molecule has 0 bridgehead atoms. The monoisotopic (exact) mass is 407 g/mol. The third-order valence-electron chi connectivity index (χ3n) is 4.56. The van der Waals surface area contributed by atoms with Gasteiger partial charge in [0.15, 0.2) is 0 Å². The Morgan fingerprint density at radius 2 is 1.79 bits per heavy atom. The van der Waals surface area contributed by atoms with Crippen LogP contribution >= 0.6 is 12.6 Å². The lowest BCUT2D eigenvalue weighted by Crippen LogP contribution is -2.57. The molecule has 0 saturated carbocycles. The van der Waals surface area contributed by atoms with Gasteiger partial charge in [0.05, 0.1) is 6.04 Å². The van der Waals surface area contributed by atoms with Crippen LogP contribution in [-0.4, -0.2) is 47.0 Å². The molecule has 0 aromatic heterocycles. The highest BCUT2D eigenvalue weighted by molar-refractivity contribution is 7.81. The van der Waals surface area contributed by atoms with Crippen LogP contribution in [0.1, 0.15) is 45.6 Å². The number of nitrogens with two attached hydrogens (primary N) is 1. The Labute approximate surface area is 173 Å². The number of nitrogens with zero attached hydrogens (tertiary/aromatic N) is 1. The van der Waals surface area contributed by atoms with Crippen molar-refractivity contribution in [3.8, 4) is 0 Å². The Hall–Kier alpha value is -1.86. The summed E-state index contributed by atoms with van der Waals surface area (Å²) in [5.41, 5.74) is 6.96. The number of hydrogen-bond acceptors (Lipinski definition) is 5. The first-order valence-electron chi connectivity index (χ1n) is 9.76. The highest BCUT2D eigenvalue weighted by Gasteiger charge is 2.37. The van der Waals surface area contributed by atoms with E-state index in [1.165, 1.54) is 7.05 Å². The molecule has 0 spiro atoms. The third-order valence-corrected chi connectivity index (χ3v) is 5.11. The van der Waals surface area contributed by atoms with Crippen LogP contribution in [0.2, 0.25) is 0 Å². The molecule has 3 N–H and O–H groups in total. The summed E-state index contributed by atoms with van der Waals surface area (Å²) in [6.45, 7) is 5.84. The highest BCUT2D eigenvalue weighted by atomic mass is 32.1. The third kappa shape index (κ3) is 7.28. The van der Waals surface area contributed by atoms with E-state index in [1.807, 2.05) is 51.1 Å². The van der Waals surface area contributed by atoms with Crippen molar-refractivity contribution in [3.63, 3.8) is 0 Å². The number of carbonyl (C=O) groups excluding carboxylic acids is 3. The molecular formula is C21H33N3O3S. The zero-order valence-electron chi connectivity index (χ0n) is 17.2. The van der Waals surface area contributed by atoms with Gasteiger partial charge in [-0.3, -0.25) is 19.3 Å². The van der Waals surface area contributed by atoms with E-state index < -0.39 is 29.8 Å². The fraction of sp³-hybridized carbons (Fsp3) is 0.571. The molecule has 3 atom stereocenters. The molecule has 1 rings (SSSR count).